The van der Waals surface area contributed by atoms with Crippen LogP contribution in [0.15, 0.2) is 18.3 Å². The maximum Gasteiger partial charge on any atom is 0.166 e. The standard InChI is InChI=1S/C14H18N4O/c1-2-17-7-5-11(9-17)8-13-15-14-12(10-19)4-3-6-18(14)16-13/h3-4,6,10-11H,2,5,7-9H2,1H3. The van der Waals surface area contributed by atoms with Crippen molar-refractivity contribution in [1.29, 1.82) is 0 Å². The number of nitrogens with zero attached hydrogens (tertiary/aromatic N) is 4. The van der Waals surface area contributed by atoms with Crippen LogP contribution in [0.4, 0.5) is 0 Å². The summed E-state index contributed by atoms with van der Waals surface area (Å²) in [5, 5.41) is 4.46. The molecule has 1 aliphatic heterocycles. The van der Waals surface area contributed by atoms with E-state index in [1.165, 1.54) is 13.0 Å². The van der Waals surface area contributed by atoms with Crippen molar-refractivity contribution in [3.63, 3.8) is 0 Å². The van der Waals surface area contributed by atoms with Gasteiger partial charge in [-0.1, -0.05) is 6.92 Å². The minimum absolute atomic E-state index is 0.600. The number of aromatic nitrogens is 3. The van der Waals surface area contributed by atoms with Crippen LogP contribution in [0.3, 0.4) is 0 Å². The Hall–Kier alpha value is -1.75. The van der Waals surface area contributed by atoms with Crippen molar-refractivity contribution in [2.24, 2.45) is 5.92 Å². The summed E-state index contributed by atoms with van der Waals surface area (Å²) in [7, 11) is 0. The van der Waals surface area contributed by atoms with E-state index in [0.29, 0.717) is 17.1 Å². The molecular weight excluding hydrogens is 240 g/mol. The van der Waals surface area contributed by atoms with Gasteiger partial charge in [0.05, 0.1) is 5.56 Å². The maximum atomic E-state index is 11.0. The molecule has 1 aliphatic rings. The van der Waals surface area contributed by atoms with Gasteiger partial charge in [-0.15, -0.1) is 0 Å². The Morgan fingerprint density at radius 3 is 3.16 bits per heavy atom. The Kier molecular flexibility index (Phi) is 3.29. The number of carbonyl (C=O) groups is 1. The van der Waals surface area contributed by atoms with Crippen LogP contribution < -0.4 is 0 Å². The van der Waals surface area contributed by atoms with Crippen LogP contribution >= 0.6 is 0 Å². The minimum atomic E-state index is 0.600. The molecule has 5 nitrogen and oxygen atoms in total. The van der Waals surface area contributed by atoms with E-state index in [-0.39, 0.29) is 0 Å². The molecule has 1 atom stereocenters. The Balaban J connectivity index is 1.80. The zero-order valence-electron chi connectivity index (χ0n) is 11.1. The van der Waals surface area contributed by atoms with Crippen LogP contribution in [0.5, 0.6) is 0 Å². The molecule has 3 heterocycles. The predicted octanol–water partition coefficient (Wildman–Crippen LogP) is 1.43. The summed E-state index contributed by atoms with van der Waals surface area (Å²) in [5.74, 6) is 1.48. The number of pyridine rings is 1. The van der Waals surface area contributed by atoms with E-state index in [9.17, 15) is 4.79 Å². The highest BCUT2D eigenvalue weighted by Crippen LogP contribution is 2.19. The van der Waals surface area contributed by atoms with E-state index in [4.69, 9.17) is 0 Å². The van der Waals surface area contributed by atoms with Crippen LogP contribution in [0.1, 0.15) is 29.5 Å². The van der Waals surface area contributed by atoms with Gasteiger partial charge in [-0.3, -0.25) is 4.79 Å². The number of hydrogen-bond donors (Lipinski definition) is 0. The van der Waals surface area contributed by atoms with Gasteiger partial charge in [-0.2, -0.15) is 5.10 Å². The number of aldehydes is 1. The number of fused-ring (bicyclic) bond motifs is 1. The van der Waals surface area contributed by atoms with E-state index in [2.05, 4.69) is 21.9 Å². The van der Waals surface area contributed by atoms with Gasteiger partial charge in [-0.05, 0) is 37.6 Å². The molecule has 5 heteroatoms. The second-order valence-corrected chi connectivity index (χ2v) is 5.13. The predicted molar refractivity (Wildman–Crippen MR) is 72.3 cm³/mol. The molecule has 0 aromatic carbocycles. The third-order valence-electron chi connectivity index (χ3n) is 3.85. The first-order valence-corrected chi connectivity index (χ1v) is 6.82. The summed E-state index contributed by atoms with van der Waals surface area (Å²) in [6.45, 7) is 5.62. The third-order valence-corrected chi connectivity index (χ3v) is 3.85. The highest BCUT2D eigenvalue weighted by atomic mass is 16.1. The van der Waals surface area contributed by atoms with Crippen LogP contribution in [0.2, 0.25) is 0 Å². The summed E-state index contributed by atoms with van der Waals surface area (Å²) in [4.78, 5) is 17.9. The molecule has 1 fully saturated rings. The quantitative estimate of drug-likeness (QED) is 0.778. The normalized spacial score (nSPS) is 20.2. The topological polar surface area (TPSA) is 50.5 Å². The van der Waals surface area contributed by atoms with Gasteiger partial charge < -0.3 is 4.90 Å². The molecule has 0 bridgehead atoms. The van der Waals surface area contributed by atoms with Crippen molar-refractivity contribution < 1.29 is 4.79 Å². The number of likely N-dealkylation sites (tertiary alicyclic amines) is 1. The second kappa shape index (κ2) is 5.09. The van der Waals surface area contributed by atoms with Gasteiger partial charge in [0.2, 0.25) is 0 Å². The Bertz CT molecular complexity index is 592. The Morgan fingerprint density at radius 1 is 1.53 bits per heavy atom. The van der Waals surface area contributed by atoms with E-state index in [1.54, 1.807) is 10.6 Å². The Labute approximate surface area is 112 Å². The third kappa shape index (κ3) is 2.38. The lowest BCUT2D eigenvalue weighted by Gasteiger charge is -2.11. The van der Waals surface area contributed by atoms with Crippen molar-refractivity contribution in [2.75, 3.05) is 19.6 Å². The van der Waals surface area contributed by atoms with Crippen LogP contribution in [0.25, 0.3) is 5.65 Å². The molecule has 1 unspecified atom stereocenters. The maximum absolute atomic E-state index is 11.0. The molecule has 2 aromatic heterocycles. The van der Waals surface area contributed by atoms with Gasteiger partial charge in [0, 0.05) is 19.2 Å². The SMILES string of the molecule is CCN1CCC(Cc2nc3c(C=O)cccn3n2)C1. The van der Waals surface area contributed by atoms with E-state index < -0.39 is 0 Å². The molecule has 2 aromatic rings. The second-order valence-electron chi connectivity index (χ2n) is 5.13. The van der Waals surface area contributed by atoms with Crippen LogP contribution in [-0.2, 0) is 6.42 Å². The van der Waals surface area contributed by atoms with Crippen molar-refractivity contribution in [3.8, 4) is 0 Å². The molecule has 3 rings (SSSR count). The lowest BCUT2D eigenvalue weighted by Crippen LogP contribution is -2.20. The van der Waals surface area contributed by atoms with Crippen molar-refractivity contribution in [2.45, 2.75) is 19.8 Å². The highest BCUT2D eigenvalue weighted by Gasteiger charge is 2.23. The van der Waals surface area contributed by atoms with E-state index >= 15 is 0 Å². The monoisotopic (exact) mass is 258 g/mol. The molecule has 100 valence electrons. The summed E-state index contributed by atoms with van der Waals surface area (Å²) >= 11 is 0. The molecule has 0 spiro atoms. The fraction of sp³-hybridized carbons (Fsp3) is 0.500. The van der Waals surface area contributed by atoms with Crippen molar-refractivity contribution in [3.05, 3.63) is 29.7 Å². The first-order chi connectivity index (χ1) is 9.30. The van der Waals surface area contributed by atoms with E-state index in [1.807, 2.05) is 12.3 Å². The average Bonchev–Trinajstić information content (AvgIpc) is 3.04. The van der Waals surface area contributed by atoms with Gasteiger partial charge in [-0.25, -0.2) is 9.50 Å². The van der Waals surface area contributed by atoms with Gasteiger partial charge in [0.15, 0.2) is 17.8 Å². The first-order valence-electron chi connectivity index (χ1n) is 6.82. The summed E-state index contributed by atoms with van der Waals surface area (Å²) in [5.41, 5.74) is 1.26. The number of rotatable bonds is 4. The first kappa shape index (κ1) is 12.3. The number of hydrogen-bond acceptors (Lipinski definition) is 4. The summed E-state index contributed by atoms with van der Waals surface area (Å²) < 4.78 is 1.70. The van der Waals surface area contributed by atoms with E-state index in [0.717, 1.165) is 31.6 Å². The minimum Gasteiger partial charge on any atom is -0.303 e. The Morgan fingerprint density at radius 2 is 2.42 bits per heavy atom. The van der Waals surface area contributed by atoms with Gasteiger partial charge in [0.1, 0.15) is 0 Å². The number of carbonyl (C=O) groups excluding carboxylic acids is 1. The molecule has 0 saturated carbocycles. The average molecular weight is 258 g/mol. The van der Waals surface area contributed by atoms with Gasteiger partial charge in [0.25, 0.3) is 0 Å². The fourth-order valence-corrected chi connectivity index (χ4v) is 2.77. The lowest BCUT2D eigenvalue weighted by atomic mass is 10.1. The molecule has 0 aliphatic carbocycles. The van der Waals surface area contributed by atoms with Crippen molar-refractivity contribution >= 4 is 11.9 Å². The highest BCUT2D eigenvalue weighted by molar-refractivity contribution is 5.83. The molecule has 0 N–H and O–H groups in total. The summed E-state index contributed by atoms with van der Waals surface area (Å²) in [6.07, 6.45) is 4.79. The smallest absolute Gasteiger partial charge is 0.166 e. The molecular formula is C14H18N4O. The molecule has 1 saturated heterocycles. The molecule has 0 amide bonds. The molecule has 0 radical (unpaired) electrons. The van der Waals surface area contributed by atoms with Gasteiger partial charge >= 0.3 is 0 Å². The molecule has 19 heavy (non-hydrogen) atoms. The zero-order chi connectivity index (χ0) is 13.2. The van der Waals surface area contributed by atoms with Crippen LogP contribution in [0, 0.1) is 5.92 Å². The zero-order valence-corrected chi connectivity index (χ0v) is 11.1. The van der Waals surface area contributed by atoms with Crippen molar-refractivity contribution in [1.82, 2.24) is 19.5 Å². The lowest BCUT2D eigenvalue weighted by molar-refractivity contribution is 0.112. The summed E-state index contributed by atoms with van der Waals surface area (Å²) in [6, 6.07) is 3.60. The van der Waals surface area contributed by atoms with Crippen LogP contribution in [-0.4, -0.2) is 45.4 Å². The largest absolute Gasteiger partial charge is 0.303 e. The fourth-order valence-electron chi connectivity index (χ4n) is 2.77.